The fraction of sp³-hybridized carbons (Fsp3) is 0.458. The average molecular weight is 438 g/mol. The minimum absolute atomic E-state index is 0.486. The van der Waals surface area contributed by atoms with Crippen LogP contribution in [0.4, 0.5) is 11.6 Å². The normalized spacial score (nSPS) is 13.2. The topological polar surface area (TPSA) is 106 Å². The molecular formula is C24H35N7O. The highest BCUT2D eigenvalue weighted by molar-refractivity contribution is 5.76. The lowest BCUT2D eigenvalue weighted by molar-refractivity contribution is 0.399. The second-order valence-corrected chi connectivity index (χ2v) is 7.98. The van der Waals surface area contributed by atoms with Crippen LogP contribution in [0, 0.1) is 0 Å². The zero-order valence-corrected chi connectivity index (χ0v) is 19.4. The van der Waals surface area contributed by atoms with Crippen LogP contribution < -0.4 is 11.1 Å². The second-order valence-electron chi connectivity index (χ2n) is 7.98. The molecule has 3 heterocycles. The van der Waals surface area contributed by atoms with E-state index in [1.165, 1.54) is 38.5 Å². The Morgan fingerprint density at radius 3 is 2.41 bits per heavy atom. The van der Waals surface area contributed by atoms with Gasteiger partial charge in [0.2, 0.25) is 0 Å². The quantitative estimate of drug-likeness (QED) is 0.439. The molecule has 0 aliphatic heterocycles. The number of hydrogen-bond donors (Lipinski definition) is 3. The van der Waals surface area contributed by atoms with Crippen molar-refractivity contribution in [1.29, 1.82) is 0 Å². The number of hydrogen-bond acceptors (Lipinski definition) is 6. The molecule has 1 fully saturated rings. The molecule has 1 saturated carbocycles. The zero-order chi connectivity index (χ0) is 22.9. The van der Waals surface area contributed by atoms with Crippen LogP contribution in [0.3, 0.4) is 0 Å². The molecule has 0 radical (unpaired) electrons. The van der Waals surface area contributed by atoms with E-state index in [9.17, 15) is 0 Å². The number of nitrogens with one attached hydrogen (secondary N) is 1. The summed E-state index contributed by atoms with van der Waals surface area (Å²) < 4.78 is 3.81. The van der Waals surface area contributed by atoms with E-state index < -0.39 is 0 Å². The van der Waals surface area contributed by atoms with Crippen LogP contribution in [-0.2, 0) is 20.0 Å². The van der Waals surface area contributed by atoms with Gasteiger partial charge in [0.1, 0.15) is 11.6 Å². The molecule has 8 nitrogen and oxygen atoms in total. The fourth-order valence-electron chi connectivity index (χ4n) is 3.95. The molecule has 5 rings (SSSR count). The third kappa shape index (κ3) is 5.56. The minimum Gasteiger partial charge on any atom is -0.400 e. The van der Waals surface area contributed by atoms with E-state index in [4.69, 9.17) is 10.8 Å². The Morgan fingerprint density at radius 1 is 1.06 bits per heavy atom. The summed E-state index contributed by atoms with van der Waals surface area (Å²) in [7, 11) is 2.99. The number of nitrogens with zero attached hydrogens (tertiary/aromatic N) is 5. The molecule has 8 heteroatoms. The summed E-state index contributed by atoms with van der Waals surface area (Å²) in [5.41, 5.74) is 11.1. The van der Waals surface area contributed by atoms with Gasteiger partial charge in [0.05, 0.1) is 23.6 Å². The van der Waals surface area contributed by atoms with Crippen LogP contribution in [-0.4, -0.2) is 36.4 Å². The molecular weight excluding hydrogens is 402 g/mol. The molecule has 4 N–H and O–H groups in total. The summed E-state index contributed by atoms with van der Waals surface area (Å²) in [5.74, 6) is 1.32. The Hall–Kier alpha value is -3.13. The highest BCUT2D eigenvalue weighted by atomic mass is 16.2. The maximum absolute atomic E-state index is 7.00. The van der Waals surface area contributed by atoms with Gasteiger partial charge in [0.15, 0.2) is 5.65 Å². The number of aliphatic hydroxyl groups is 1. The number of nitrogen functional groups attached to an aromatic ring is 1. The number of rotatable bonds is 4. The van der Waals surface area contributed by atoms with Crippen molar-refractivity contribution in [3.8, 4) is 0 Å². The van der Waals surface area contributed by atoms with Crippen LogP contribution in [0.5, 0.6) is 0 Å². The molecule has 172 valence electrons. The van der Waals surface area contributed by atoms with Gasteiger partial charge in [-0.3, -0.25) is 0 Å². The molecule has 0 amide bonds. The van der Waals surface area contributed by atoms with Crippen molar-refractivity contribution in [2.45, 2.75) is 58.4 Å². The molecule has 3 aromatic heterocycles. The highest BCUT2D eigenvalue weighted by Crippen LogP contribution is 2.20. The van der Waals surface area contributed by atoms with Gasteiger partial charge in [0, 0.05) is 32.3 Å². The Morgan fingerprint density at radius 2 is 1.75 bits per heavy atom. The SMILES string of the molecule is C1CCCCC1.CCc1cnn2c(NCc3ccc4c(c3)ncn4C)cc(N)nc12.CO. The van der Waals surface area contributed by atoms with Crippen molar-refractivity contribution in [3.63, 3.8) is 0 Å². The van der Waals surface area contributed by atoms with Crippen LogP contribution >= 0.6 is 0 Å². The largest absolute Gasteiger partial charge is 0.400 e. The lowest BCUT2D eigenvalue weighted by atomic mass is 10.0. The summed E-state index contributed by atoms with van der Waals surface area (Å²) in [4.78, 5) is 8.79. The van der Waals surface area contributed by atoms with E-state index in [0.29, 0.717) is 12.4 Å². The number of nitrogens with two attached hydrogens (primary N) is 1. The van der Waals surface area contributed by atoms with Crippen LogP contribution in [0.1, 0.15) is 56.6 Å². The lowest BCUT2D eigenvalue weighted by Gasteiger charge is -2.10. The van der Waals surface area contributed by atoms with Gasteiger partial charge in [-0.2, -0.15) is 9.61 Å². The van der Waals surface area contributed by atoms with Gasteiger partial charge in [-0.1, -0.05) is 51.5 Å². The van der Waals surface area contributed by atoms with Crippen molar-refractivity contribution in [3.05, 3.63) is 47.9 Å². The van der Waals surface area contributed by atoms with Gasteiger partial charge in [-0.15, -0.1) is 0 Å². The minimum atomic E-state index is 0.486. The second kappa shape index (κ2) is 11.5. The number of aromatic nitrogens is 5. The highest BCUT2D eigenvalue weighted by Gasteiger charge is 2.10. The van der Waals surface area contributed by atoms with Gasteiger partial charge >= 0.3 is 0 Å². The first-order chi connectivity index (χ1) is 15.7. The first-order valence-corrected chi connectivity index (χ1v) is 11.4. The van der Waals surface area contributed by atoms with Crippen LogP contribution in [0.25, 0.3) is 16.7 Å². The first kappa shape index (κ1) is 23.5. The molecule has 1 aromatic carbocycles. The van der Waals surface area contributed by atoms with E-state index >= 15 is 0 Å². The molecule has 0 unspecified atom stereocenters. The molecule has 1 aliphatic carbocycles. The van der Waals surface area contributed by atoms with E-state index in [-0.39, 0.29) is 0 Å². The van der Waals surface area contributed by atoms with Gasteiger partial charge < -0.3 is 20.7 Å². The molecule has 0 bridgehead atoms. The summed E-state index contributed by atoms with van der Waals surface area (Å²) in [6, 6.07) is 8.07. The smallest absolute Gasteiger partial charge is 0.162 e. The molecule has 1 aliphatic rings. The van der Waals surface area contributed by atoms with Gasteiger partial charge in [-0.05, 0) is 24.1 Å². The molecule has 0 spiro atoms. The standard InChI is InChI=1S/C17H19N7.C6H12.CH4O/c1-3-12-9-21-24-16(7-15(18)22-17(12)24)19-8-11-4-5-14-13(6-11)20-10-23(14)2;1-2-4-6-5-3-1;1-2/h4-7,9-10,19H,3,8H2,1-2H3,(H2,18,22);1-6H2;2H,1H3. The number of imidazole rings is 1. The third-order valence-electron chi connectivity index (χ3n) is 5.71. The number of anilines is 2. The Labute approximate surface area is 189 Å². The predicted octanol–water partition coefficient (Wildman–Crippen LogP) is 4.32. The summed E-state index contributed by atoms with van der Waals surface area (Å²) >= 11 is 0. The van der Waals surface area contributed by atoms with E-state index in [1.54, 1.807) is 10.6 Å². The summed E-state index contributed by atoms with van der Waals surface area (Å²) in [6.07, 6.45) is 13.5. The average Bonchev–Trinajstić information content (AvgIpc) is 3.43. The zero-order valence-electron chi connectivity index (χ0n) is 19.4. The van der Waals surface area contributed by atoms with Crippen molar-refractivity contribution >= 4 is 28.3 Å². The Balaban J connectivity index is 0.000000309. The monoisotopic (exact) mass is 437 g/mol. The Kier molecular flexibility index (Phi) is 8.44. The Bertz CT molecular complexity index is 1120. The fourth-order valence-corrected chi connectivity index (χ4v) is 3.95. The van der Waals surface area contributed by atoms with Gasteiger partial charge in [-0.25, -0.2) is 9.97 Å². The molecule has 0 atom stereocenters. The van der Waals surface area contributed by atoms with E-state index in [1.807, 2.05) is 24.1 Å². The number of aryl methyl sites for hydroxylation is 2. The van der Waals surface area contributed by atoms with Crippen LogP contribution in [0.2, 0.25) is 0 Å². The van der Waals surface area contributed by atoms with Crippen LogP contribution in [0.15, 0.2) is 36.8 Å². The summed E-state index contributed by atoms with van der Waals surface area (Å²) in [6.45, 7) is 2.74. The van der Waals surface area contributed by atoms with Crippen molar-refractivity contribution in [1.82, 2.24) is 24.1 Å². The third-order valence-corrected chi connectivity index (χ3v) is 5.71. The first-order valence-electron chi connectivity index (χ1n) is 11.4. The van der Waals surface area contributed by atoms with Crippen molar-refractivity contribution < 1.29 is 5.11 Å². The van der Waals surface area contributed by atoms with E-state index in [2.05, 4.69) is 45.5 Å². The number of aliphatic hydroxyl groups excluding tert-OH is 1. The van der Waals surface area contributed by atoms with E-state index in [0.717, 1.165) is 47.2 Å². The molecule has 32 heavy (non-hydrogen) atoms. The molecule has 4 aromatic rings. The summed E-state index contributed by atoms with van der Waals surface area (Å²) in [5, 5.41) is 14.8. The molecule has 0 saturated heterocycles. The lowest BCUT2D eigenvalue weighted by Crippen LogP contribution is -2.07. The maximum Gasteiger partial charge on any atom is 0.162 e. The maximum atomic E-state index is 7.00. The van der Waals surface area contributed by atoms with Gasteiger partial charge in [0.25, 0.3) is 0 Å². The number of benzene rings is 1. The number of fused-ring (bicyclic) bond motifs is 2. The van der Waals surface area contributed by atoms with Crippen molar-refractivity contribution in [2.75, 3.05) is 18.2 Å². The predicted molar refractivity (Wildman–Crippen MR) is 131 cm³/mol. The van der Waals surface area contributed by atoms with Crippen molar-refractivity contribution in [2.24, 2.45) is 7.05 Å².